The Morgan fingerprint density at radius 3 is 2.19 bits per heavy atom. The molecule has 1 unspecified atom stereocenters. The predicted octanol–water partition coefficient (Wildman–Crippen LogP) is 3.32. The minimum absolute atomic E-state index is 0.0998. The normalized spacial score (nSPS) is 19.7. The summed E-state index contributed by atoms with van der Waals surface area (Å²) < 4.78 is 5.86. The maximum absolute atomic E-state index is 5.86. The van der Waals surface area contributed by atoms with Gasteiger partial charge in [0.15, 0.2) is 0 Å². The van der Waals surface area contributed by atoms with Crippen molar-refractivity contribution in [3.05, 3.63) is 35.4 Å². The fourth-order valence-corrected chi connectivity index (χ4v) is 3.44. The van der Waals surface area contributed by atoms with Crippen molar-refractivity contribution in [2.24, 2.45) is 5.84 Å². The van der Waals surface area contributed by atoms with Crippen molar-refractivity contribution in [1.29, 1.82) is 0 Å². The van der Waals surface area contributed by atoms with Crippen LogP contribution in [-0.2, 0) is 16.6 Å². The number of methoxy groups -OCH3 is 1. The maximum Gasteiger partial charge on any atom is 0.0847 e. The molecule has 3 heteroatoms. The predicted molar refractivity (Wildman–Crippen MR) is 88.2 cm³/mol. The molecule has 118 valence electrons. The topological polar surface area (TPSA) is 47.3 Å². The third kappa shape index (κ3) is 3.65. The average Bonchev–Trinajstić information content (AvgIpc) is 2.94. The van der Waals surface area contributed by atoms with Crippen molar-refractivity contribution in [3.63, 3.8) is 0 Å². The lowest BCUT2D eigenvalue weighted by atomic mass is 9.84. The molecule has 0 bridgehead atoms. The van der Waals surface area contributed by atoms with E-state index in [1.165, 1.54) is 24.0 Å². The van der Waals surface area contributed by atoms with Crippen molar-refractivity contribution in [1.82, 2.24) is 5.43 Å². The molecule has 0 heterocycles. The molecule has 0 saturated heterocycles. The number of nitrogens with two attached hydrogens (primary N) is 1. The summed E-state index contributed by atoms with van der Waals surface area (Å²) in [6, 6.07) is 9.09. The van der Waals surface area contributed by atoms with Gasteiger partial charge < -0.3 is 4.74 Å². The Labute approximate surface area is 129 Å². The highest BCUT2D eigenvalue weighted by Crippen LogP contribution is 2.36. The van der Waals surface area contributed by atoms with Crippen LogP contribution < -0.4 is 11.3 Å². The van der Waals surface area contributed by atoms with Gasteiger partial charge in [-0.2, -0.15) is 0 Å². The smallest absolute Gasteiger partial charge is 0.0847 e. The number of benzene rings is 1. The maximum atomic E-state index is 5.86. The number of nitrogens with one attached hydrogen (secondary N) is 1. The van der Waals surface area contributed by atoms with E-state index in [2.05, 4.69) is 50.5 Å². The summed E-state index contributed by atoms with van der Waals surface area (Å²) in [6.07, 6.45) is 5.57. The van der Waals surface area contributed by atoms with E-state index in [0.717, 1.165) is 19.3 Å². The lowest BCUT2D eigenvalue weighted by Crippen LogP contribution is -2.54. The molecule has 0 aliphatic heterocycles. The third-order valence-electron chi connectivity index (χ3n) is 4.95. The van der Waals surface area contributed by atoms with Crippen LogP contribution in [0.4, 0.5) is 0 Å². The van der Waals surface area contributed by atoms with Gasteiger partial charge in [0.1, 0.15) is 0 Å². The Morgan fingerprint density at radius 1 is 1.19 bits per heavy atom. The van der Waals surface area contributed by atoms with E-state index < -0.39 is 0 Å². The SMILES string of the molecule is COC1(C(Cc2ccc(C(C)(C)C)cc2)NN)CCCC1. The Kier molecular flexibility index (Phi) is 5.07. The quantitative estimate of drug-likeness (QED) is 0.646. The molecule has 2 rings (SSSR count). The van der Waals surface area contributed by atoms with E-state index >= 15 is 0 Å². The van der Waals surface area contributed by atoms with Gasteiger partial charge in [-0.3, -0.25) is 11.3 Å². The second-order valence-corrected chi connectivity index (χ2v) is 7.35. The summed E-state index contributed by atoms with van der Waals surface area (Å²) in [7, 11) is 1.82. The van der Waals surface area contributed by atoms with Gasteiger partial charge in [-0.25, -0.2) is 0 Å². The van der Waals surface area contributed by atoms with Crippen LogP contribution in [0.1, 0.15) is 57.6 Å². The lowest BCUT2D eigenvalue weighted by molar-refractivity contribution is -0.0355. The zero-order chi connectivity index (χ0) is 15.5. The van der Waals surface area contributed by atoms with Crippen LogP contribution >= 0.6 is 0 Å². The fraction of sp³-hybridized carbons (Fsp3) is 0.667. The van der Waals surface area contributed by atoms with Gasteiger partial charge in [0.05, 0.1) is 11.6 Å². The number of hydrogen-bond donors (Lipinski definition) is 2. The molecule has 1 fully saturated rings. The van der Waals surface area contributed by atoms with Gasteiger partial charge in [-0.1, -0.05) is 57.9 Å². The third-order valence-corrected chi connectivity index (χ3v) is 4.95. The molecule has 0 amide bonds. The number of ether oxygens (including phenoxy) is 1. The highest BCUT2D eigenvalue weighted by Gasteiger charge is 2.41. The van der Waals surface area contributed by atoms with Gasteiger partial charge in [0.2, 0.25) is 0 Å². The van der Waals surface area contributed by atoms with Crippen molar-refractivity contribution < 1.29 is 4.74 Å². The average molecular weight is 290 g/mol. The van der Waals surface area contributed by atoms with Crippen molar-refractivity contribution in [3.8, 4) is 0 Å². The molecular weight excluding hydrogens is 260 g/mol. The van der Waals surface area contributed by atoms with Crippen LogP contribution in [0.5, 0.6) is 0 Å². The molecule has 1 aliphatic carbocycles. The van der Waals surface area contributed by atoms with Crippen molar-refractivity contribution in [2.75, 3.05) is 7.11 Å². The van der Waals surface area contributed by atoms with Gasteiger partial charge in [0.25, 0.3) is 0 Å². The highest BCUT2D eigenvalue weighted by molar-refractivity contribution is 5.28. The summed E-state index contributed by atoms with van der Waals surface area (Å²) in [5.41, 5.74) is 5.78. The Hall–Kier alpha value is -0.900. The van der Waals surface area contributed by atoms with E-state index in [0.29, 0.717) is 0 Å². The summed E-state index contributed by atoms with van der Waals surface area (Å²) in [5.74, 6) is 5.83. The monoisotopic (exact) mass is 290 g/mol. The standard InChI is InChI=1S/C18H30N2O/c1-17(2,3)15-9-7-14(8-10-15)13-16(20-19)18(21-4)11-5-6-12-18/h7-10,16,20H,5-6,11-13,19H2,1-4H3. The van der Waals surface area contributed by atoms with Crippen LogP contribution in [0.2, 0.25) is 0 Å². The number of hydrazine groups is 1. The Balaban J connectivity index is 2.12. The first-order chi connectivity index (χ1) is 9.91. The molecule has 1 aromatic rings. The van der Waals surface area contributed by atoms with E-state index in [1.807, 2.05) is 7.11 Å². The minimum Gasteiger partial charge on any atom is -0.377 e. The second kappa shape index (κ2) is 6.47. The van der Waals surface area contributed by atoms with Gasteiger partial charge in [-0.05, 0) is 35.8 Å². The largest absolute Gasteiger partial charge is 0.377 e. The highest BCUT2D eigenvalue weighted by atomic mass is 16.5. The second-order valence-electron chi connectivity index (χ2n) is 7.35. The number of rotatable bonds is 5. The molecule has 0 radical (unpaired) electrons. The van der Waals surface area contributed by atoms with E-state index in [4.69, 9.17) is 10.6 Å². The van der Waals surface area contributed by atoms with Crippen LogP contribution in [-0.4, -0.2) is 18.8 Å². The summed E-state index contributed by atoms with van der Waals surface area (Å²) in [4.78, 5) is 0. The minimum atomic E-state index is -0.0998. The number of hydrogen-bond acceptors (Lipinski definition) is 3. The first kappa shape index (κ1) is 16.5. The fourth-order valence-electron chi connectivity index (χ4n) is 3.44. The summed E-state index contributed by atoms with van der Waals surface area (Å²) in [5, 5.41) is 0. The zero-order valence-electron chi connectivity index (χ0n) is 13.9. The summed E-state index contributed by atoms with van der Waals surface area (Å²) in [6.45, 7) is 6.72. The van der Waals surface area contributed by atoms with E-state index in [-0.39, 0.29) is 17.1 Å². The van der Waals surface area contributed by atoms with Crippen LogP contribution in [0.25, 0.3) is 0 Å². The molecule has 1 aliphatic rings. The van der Waals surface area contributed by atoms with Crippen LogP contribution in [0.3, 0.4) is 0 Å². The van der Waals surface area contributed by atoms with Crippen LogP contribution in [0, 0.1) is 0 Å². The molecule has 21 heavy (non-hydrogen) atoms. The Bertz CT molecular complexity index is 441. The molecule has 0 spiro atoms. The Morgan fingerprint density at radius 2 is 1.76 bits per heavy atom. The van der Waals surface area contributed by atoms with Gasteiger partial charge in [0, 0.05) is 7.11 Å². The first-order valence-corrected chi connectivity index (χ1v) is 8.02. The molecule has 1 saturated carbocycles. The van der Waals surface area contributed by atoms with E-state index in [1.54, 1.807) is 0 Å². The molecule has 0 aromatic heterocycles. The van der Waals surface area contributed by atoms with Gasteiger partial charge in [-0.15, -0.1) is 0 Å². The summed E-state index contributed by atoms with van der Waals surface area (Å²) >= 11 is 0. The molecule has 3 nitrogen and oxygen atoms in total. The van der Waals surface area contributed by atoms with Crippen molar-refractivity contribution in [2.45, 2.75) is 69.9 Å². The molecule has 1 aromatic carbocycles. The van der Waals surface area contributed by atoms with E-state index in [9.17, 15) is 0 Å². The molecule has 1 atom stereocenters. The van der Waals surface area contributed by atoms with Gasteiger partial charge >= 0.3 is 0 Å². The lowest BCUT2D eigenvalue weighted by Gasteiger charge is -2.36. The first-order valence-electron chi connectivity index (χ1n) is 8.02. The zero-order valence-corrected chi connectivity index (χ0v) is 13.9. The molecular formula is C18H30N2O. The van der Waals surface area contributed by atoms with Crippen molar-refractivity contribution >= 4 is 0 Å². The van der Waals surface area contributed by atoms with Crippen LogP contribution in [0.15, 0.2) is 24.3 Å². The molecule has 3 N–H and O–H groups in total.